The van der Waals surface area contributed by atoms with E-state index in [0.717, 1.165) is 12.3 Å². The molecule has 0 heterocycles. The minimum atomic E-state index is -1.02. The van der Waals surface area contributed by atoms with E-state index in [2.05, 4.69) is 4.74 Å². The van der Waals surface area contributed by atoms with E-state index in [0.29, 0.717) is 0 Å². The maximum Gasteiger partial charge on any atom is 0.332 e. The van der Waals surface area contributed by atoms with Crippen LogP contribution < -0.4 is 5.73 Å². The molecular weight excluding hydrogens is 150 g/mol. The highest BCUT2D eigenvalue weighted by Crippen LogP contribution is 1.85. The van der Waals surface area contributed by atoms with Gasteiger partial charge in [0.2, 0.25) is 0 Å². The van der Waals surface area contributed by atoms with Crippen LogP contribution in [-0.2, 0) is 9.53 Å². The van der Waals surface area contributed by atoms with Gasteiger partial charge in [-0.2, -0.15) is 0 Å². The number of hydrogen-bond donors (Lipinski definition) is 3. The molecule has 0 rings (SSSR count). The van der Waals surface area contributed by atoms with E-state index in [1.165, 1.54) is 0 Å². The van der Waals surface area contributed by atoms with Gasteiger partial charge in [0, 0.05) is 12.3 Å². The van der Waals surface area contributed by atoms with Crippen LogP contribution in [0.3, 0.4) is 0 Å². The Hall–Kier alpha value is -1.07. The molecule has 64 valence electrons. The highest BCUT2D eigenvalue weighted by atomic mass is 16.5. The molecule has 0 spiro atoms. The second-order valence-electron chi connectivity index (χ2n) is 1.83. The van der Waals surface area contributed by atoms with Crippen LogP contribution in [0.2, 0.25) is 0 Å². The van der Waals surface area contributed by atoms with Gasteiger partial charge < -0.3 is 20.7 Å². The first-order chi connectivity index (χ1) is 5.20. The van der Waals surface area contributed by atoms with Crippen molar-refractivity contribution in [2.45, 2.75) is 6.10 Å². The molecule has 1 unspecified atom stereocenters. The molecule has 5 nitrogen and oxygen atoms in total. The molecule has 0 aromatic heterocycles. The molecule has 0 aromatic rings. The van der Waals surface area contributed by atoms with Crippen molar-refractivity contribution in [2.75, 3.05) is 13.2 Å². The minimum Gasteiger partial charge on any atom is -0.460 e. The molecule has 0 aliphatic carbocycles. The predicted molar refractivity (Wildman–Crippen MR) is 37.4 cm³/mol. The number of rotatable bonds is 4. The zero-order chi connectivity index (χ0) is 8.69. The second-order valence-corrected chi connectivity index (χ2v) is 1.83. The molecule has 11 heavy (non-hydrogen) atoms. The third-order valence-corrected chi connectivity index (χ3v) is 0.861. The Morgan fingerprint density at radius 1 is 1.73 bits per heavy atom. The Labute approximate surface area is 64.1 Å². The molecule has 1 atom stereocenters. The summed E-state index contributed by atoms with van der Waals surface area (Å²) in [6, 6.07) is 0. The van der Waals surface area contributed by atoms with E-state index in [-0.39, 0.29) is 6.61 Å². The smallest absolute Gasteiger partial charge is 0.332 e. The van der Waals surface area contributed by atoms with Gasteiger partial charge in [0.25, 0.3) is 0 Å². The highest BCUT2D eigenvalue weighted by Gasteiger charge is 2.03. The van der Waals surface area contributed by atoms with E-state index < -0.39 is 18.7 Å². The van der Waals surface area contributed by atoms with Crippen molar-refractivity contribution in [3.8, 4) is 0 Å². The van der Waals surface area contributed by atoms with Gasteiger partial charge in [-0.1, -0.05) is 0 Å². The van der Waals surface area contributed by atoms with Crippen molar-refractivity contribution >= 4 is 5.97 Å². The van der Waals surface area contributed by atoms with Crippen molar-refractivity contribution in [1.29, 1.82) is 0 Å². The first kappa shape index (κ1) is 9.93. The molecule has 0 amide bonds. The van der Waals surface area contributed by atoms with Gasteiger partial charge in [-0.05, 0) is 0 Å². The maximum atomic E-state index is 10.5. The number of hydrogen-bond acceptors (Lipinski definition) is 5. The third-order valence-electron chi connectivity index (χ3n) is 0.861. The molecule has 0 aromatic carbocycles. The van der Waals surface area contributed by atoms with Crippen LogP contribution in [0.5, 0.6) is 0 Å². The molecule has 5 heteroatoms. The first-order valence-electron chi connectivity index (χ1n) is 3.04. The Kier molecular flexibility index (Phi) is 5.14. The lowest BCUT2D eigenvalue weighted by Crippen LogP contribution is -2.21. The zero-order valence-corrected chi connectivity index (χ0v) is 5.93. The second kappa shape index (κ2) is 5.70. The fourth-order valence-corrected chi connectivity index (χ4v) is 0.358. The van der Waals surface area contributed by atoms with Crippen molar-refractivity contribution in [1.82, 2.24) is 0 Å². The zero-order valence-electron chi connectivity index (χ0n) is 5.93. The first-order valence-corrected chi connectivity index (χ1v) is 3.04. The normalized spacial score (nSPS) is 13.3. The molecular formula is C6H11NO4. The quantitative estimate of drug-likeness (QED) is 0.339. The summed E-state index contributed by atoms with van der Waals surface area (Å²) in [7, 11) is 0. The van der Waals surface area contributed by atoms with Gasteiger partial charge >= 0.3 is 5.97 Å². The molecule has 0 radical (unpaired) electrons. The molecule has 0 aliphatic heterocycles. The Balaban J connectivity index is 3.45. The van der Waals surface area contributed by atoms with Gasteiger partial charge in [0.15, 0.2) is 0 Å². The van der Waals surface area contributed by atoms with Crippen LogP contribution in [0, 0.1) is 0 Å². The summed E-state index contributed by atoms with van der Waals surface area (Å²) < 4.78 is 4.42. The van der Waals surface area contributed by atoms with Crippen molar-refractivity contribution < 1.29 is 19.7 Å². The largest absolute Gasteiger partial charge is 0.460 e. The lowest BCUT2D eigenvalue weighted by Gasteiger charge is -2.05. The predicted octanol–water partition coefficient (Wildman–Crippen LogP) is -1.64. The van der Waals surface area contributed by atoms with Crippen molar-refractivity contribution in [3.05, 3.63) is 12.3 Å². The molecule has 0 fully saturated rings. The van der Waals surface area contributed by atoms with Crippen LogP contribution in [0.15, 0.2) is 12.3 Å². The van der Waals surface area contributed by atoms with E-state index in [4.69, 9.17) is 15.9 Å². The van der Waals surface area contributed by atoms with E-state index >= 15 is 0 Å². The lowest BCUT2D eigenvalue weighted by atomic mass is 10.4. The SMILES string of the molecule is NC=CC(=O)OCC(O)CO. The lowest BCUT2D eigenvalue weighted by molar-refractivity contribution is -0.141. The van der Waals surface area contributed by atoms with Gasteiger partial charge in [-0.25, -0.2) is 4.79 Å². The molecule has 0 saturated carbocycles. The molecule has 4 N–H and O–H groups in total. The Morgan fingerprint density at radius 2 is 2.36 bits per heavy atom. The van der Waals surface area contributed by atoms with Crippen LogP contribution in [0.25, 0.3) is 0 Å². The Morgan fingerprint density at radius 3 is 2.82 bits per heavy atom. The van der Waals surface area contributed by atoms with E-state index in [9.17, 15) is 4.79 Å². The summed E-state index contributed by atoms with van der Waals surface area (Å²) >= 11 is 0. The van der Waals surface area contributed by atoms with Gasteiger partial charge in [0.1, 0.15) is 12.7 Å². The standard InChI is InChI=1S/C6H11NO4/c7-2-1-6(10)11-4-5(9)3-8/h1-2,5,8-9H,3-4,7H2. The fraction of sp³-hybridized carbons (Fsp3) is 0.500. The van der Waals surface area contributed by atoms with E-state index in [1.807, 2.05) is 0 Å². The number of carbonyl (C=O) groups excluding carboxylic acids is 1. The van der Waals surface area contributed by atoms with Gasteiger partial charge in [0.05, 0.1) is 6.61 Å². The number of aliphatic hydroxyl groups excluding tert-OH is 2. The molecule has 0 aliphatic rings. The highest BCUT2D eigenvalue weighted by molar-refractivity contribution is 5.81. The molecule has 0 bridgehead atoms. The van der Waals surface area contributed by atoms with Crippen LogP contribution in [-0.4, -0.2) is 35.5 Å². The summed E-state index contributed by atoms with van der Waals surface area (Å²) in [5, 5.41) is 17.0. The maximum absolute atomic E-state index is 10.5. The summed E-state index contributed by atoms with van der Waals surface area (Å²) in [6.45, 7) is -0.653. The topological polar surface area (TPSA) is 92.8 Å². The third kappa shape index (κ3) is 5.38. The average molecular weight is 161 g/mol. The van der Waals surface area contributed by atoms with Crippen molar-refractivity contribution in [2.24, 2.45) is 5.73 Å². The Bertz CT molecular complexity index is 146. The fourth-order valence-electron chi connectivity index (χ4n) is 0.358. The summed E-state index contributed by atoms with van der Waals surface area (Å²) in [5.41, 5.74) is 4.88. The van der Waals surface area contributed by atoms with Crippen LogP contribution in [0.4, 0.5) is 0 Å². The number of carbonyl (C=O) groups is 1. The summed E-state index contributed by atoms with van der Waals surface area (Å²) in [5.74, 6) is -0.639. The van der Waals surface area contributed by atoms with Gasteiger partial charge in [-0.3, -0.25) is 0 Å². The average Bonchev–Trinajstić information content (AvgIpc) is 2.01. The van der Waals surface area contributed by atoms with Crippen LogP contribution >= 0.6 is 0 Å². The molecule has 0 saturated heterocycles. The monoisotopic (exact) mass is 161 g/mol. The van der Waals surface area contributed by atoms with Crippen LogP contribution in [0.1, 0.15) is 0 Å². The number of esters is 1. The summed E-state index contributed by atoms with van der Waals surface area (Å²) in [6.07, 6.45) is 1.03. The summed E-state index contributed by atoms with van der Waals surface area (Å²) in [4.78, 5) is 10.5. The van der Waals surface area contributed by atoms with E-state index in [1.54, 1.807) is 0 Å². The van der Waals surface area contributed by atoms with Gasteiger partial charge in [-0.15, -0.1) is 0 Å². The number of ether oxygens (including phenoxy) is 1. The minimum absolute atomic E-state index is 0.223. The number of nitrogens with two attached hydrogens (primary N) is 1. The van der Waals surface area contributed by atoms with Crippen molar-refractivity contribution in [3.63, 3.8) is 0 Å². The number of aliphatic hydroxyl groups is 2.